The Morgan fingerprint density at radius 3 is 2.04 bits per heavy atom. The van der Waals surface area contributed by atoms with E-state index in [0.29, 0.717) is 13.1 Å². The van der Waals surface area contributed by atoms with Crippen LogP contribution in [-0.4, -0.2) is 42.8 Å². The van der Waals surface area contributed by atoms with E-state index in [2.05, 4.69) is 0 Å². The molecule has 2 heterocycles. The molecule has 0 aliphatic carbocycles. The number of rotatable bonds is 1. The molecule has 1 amide bonds. The van der Waals surface area contributed by atoms with Crippen molar-refractivity contribution in [3.8, 4) is 0 Å². The summed E-state index contributed by atoms with van der Waals surface area (Å²) in [6.07, 6.45) is -4.61. The third kappa shape index (κ3) is 3.30. The van der Waals surface area contributed by atoms with Gasteiger partial charge in [0, 0.05) is 37.3 Å². The van der Waals surface area contributed by atoms with Crippen LogP contribution in [0.15, 0.2) is 24.3 Å². The van der Waals surface area contributed by atoms with Crippen molar-refractivity contribution in [2.45, 2.75) is 32.5 Å². The SMILES string of the molecule is CC(C)(C)OC(=O)N1CC2(C1)CN(c1ccc(C(F)(F)F)cc1)C2. The van der Waals surface area contributed by atoms with Gasteiger partial charge in [-0.3, -0.25) is 0 Å². The molecule has 0 radical (unpaired) electrons. The number of benzene rings is 1. The second-order valence-corrected chi connectivity index (χ2v) is 7.74. The Morgan fingerprint density at radius 2 is 1.58 bits per heavy atom. The third-order valence-corrected chi connectivity index (χ3v) is 4.32. The van der Waals surface area contributed by atoms with Crippen LogP contribution in [0.2, 0.25) is 0 Å². The molecule has 2 aliphatic heterocycles. The van der Waals surface area contributed by atoms with Crippen LogP contribution >= 0.6 is 0 Å². The highest BCUT2D eigenvalue weighted by atomic mass is 19.4. The molecular weight excluding hydrogens is 321 g/mol. The van der Waals surface area contributed by atoms with Crippen LogP contribution in [0.25, 0.3) is 0 Å². The lowest BCUT2D eigenvalue weighted by molar-refractivity contribution is -0.137. The van der Waals surface area contributed by atoms with Gasteiger partial charge in [0.1, 0.15) is 5.60 Å². The van der Waals surface area contributed by atoms with Gasteiger partial charge >= 0.3 is 12.3 Å². The number of alkyl halides is 3. The molecule has 1 spiro atoms. The zero-order chi connectivity index (χ0) is 17.8. The lowest BCUT2D eigenvalue weighted by Crippen LogP contribution is -2.73. The molecule has 1 aromatic carbocycles. The fourth-order valence-electron chi connectivity index (χ4n) is 3.23. The molecule has 0 bridgehead atoms. The summed E-state index contributed by atoms with van der Waals surface area (Å²) in [4.78, 5) is 15.6. The quantitative estimate of drug-likeness (QED) is 0.779. The van der Waals surface area contributed by atoms with Gasteiger partial charge in [-0.15, -0.1) is 0 Å². The largest absolute Gasteiger partial charge is 0.444 e. The smallest absolute Gasteiger partial charge is 0.416 e. The highest BCUT2D eigenvalue weighted by Crippen LogP contribution is 2.42. The molecule has 0 N–H and O–H groups in total. The highest BCUT2D eigenvalue weighted by molar-refractivity contribution is 5.70. The van der Waals surface area contributed by atoms with Gasteiger partial charge in [0.2, 0.25) is 0 Å². The van der Waals surface area contributed by atoms with Crippen molar-refractivity contribution in [3.05, 3.63) is 29.8 Å². The van der Waals surface area contributed by atoms with Gasteiger partial charge in [-0.2, -0.15) is 13.2 Å². The van der Waals surface area contributed by atoms with E-state index in [9.17, 15) is 18.0 Å². The number of halogens is 3. The molecule has 2 saturated heterocycles. The molecule has 0 atom stereocenters. The first-order valence-corrected chi connectivity index (χ1v) is 7.88. The lowest BCUT2D eigenvalue weighted by Gasteiger charge is -2.60. The van der Waals surface area contributed by atoms with Crippen LogP contribution in [0, 0.1) is 5.41 Å². The zero-order valence-corrected chi connectivity index (χ0v) is 14.0. The molecule has 2 aliphatic rings. The maximum Gasteiger partial charge on any atom is 0.416 e. The number of amides is 1. The maximum atomic E-state index is 12.6. The summed E-state index contributed by atoms with van der Waals surface area (Å²) in [5.74, 6) is 0. The first-order valence-electron chi connectivity index (χ1n) is 7.88. The summed E-state index contributed by atoms with van der Waals surface area (Å²) in [7, 11) is 0. The molecule has 0 saturated carbocycles. The van der Waals surface area contributed by atoms with Crippen LogP contribution in [0.4, 0.5) is 23.7 Å². The summed E-state index contributed by atoms with van der Waals surface area (Å²) in [6, 6.07) is 5.21. The predicted molar refractivity (Wildman–Crippen MR) is 83.9 cm³/mol. The highest BCUT2D eigenvalue weighted by Gasteiger charge is 2.54. The fraction of sp³-hybridized carbons (Fsp3) is 0.588. The van der Waals surface area contributed by atoms with Crippen molar-refractivity contribution in [2.24, 2.45) is 5.41 Å². The molecule has 132 valence electrons. The Morgan fingerprint density at radius 1 is 1.04 bits per heavy atom. The Balaban J connectivity index is 1.51. The maximum absolute atomic E-state index is 12.6. The molecule has 2 fully saturated rings. The van der Waals surface area contributed by atoms with Crippen LogP contribution < -0.4 is 4.90 Å². The molecule has 7 heteroatoms. The summed E-state index contributed by atoms with van der Waals surface area (Å²) in [6.45, 7) is 8.26. The fourth-order valence-corrected chi connectivity index (χ4v) is 3.23. The van der Waals surface area contributed by atoms with Gasteiger partial charge in [-0.1, -0.05) is 0 Å². The third-order valence-electron chi connectivity index (χ3n) is 4.32. The van der Waals surface area contributed by atoms with Crippen LogP contribution in [-0.2, 0) is 10.9 Å². The minimum absolute atomic E-state index is 0.0552. The zero-order valence-electron chi connectivity index (χ0n) is 14.0. The van der Waals surface area contributed by atoms with Gasteiger partial charge in [0.05, 0.1) is 5.56 Å². The van der Waals surface area contributed by atoms with Gasteiger partial charge in [-0.25, -0.2) is 4.79 Å². The summed E-state index contributed by atoms with van der Waals surface area (Å²) in [5.41, 5.74) is -0.309. The summed E-state index contributed by atoms with van der Waals surface area (Å²) in [5, 5.41) is 0. The summed E-state index contributed by atoms with van der Waals surface area (Å²) < 4.78 is 43.1. The van der Waals surface area contributed by atoms with E-state index in [1.165, 1.54) is 12.1 Å². The predicted octanol–water partition coefficient (Wildman–Crippen LogP) is 3.76. The first-order chi connectivity index (χ1) is 11.0. The number of carbonyl (C=O) groups is 1. The number of hydrogen-bond acceptors (Lipinski definition) is 3. The van der Waals surface area contributed by atoms with Crippen molar-refractivity contribution in [2.75, 3.05) is 31.1 Å². The Hall–Kier alpha value is -1.92. The number of carbonyl (C=O) groups excluding carboxylic acids is 1. The van der Waals surface area contributed by atoms with Crippen molar-refractivity contribution < 1.29 is 22.7 Å². The van der Waals surface area contributed by atoms with Crippen LogP contribution in [0.5, 0.6) is 0 Å². The van der Waals surface area contributed by atoms with Gasteiger partial charge in [0.25, 0.3) is 0 Å². The van der Waals surface area contributed by atoms with Crippen molar-refractivity contribution >= 4 is 11.8 Å². The Kier molecular flexibility index (Phi) is 3.73. The molecule has 0 aromatic heterocycles. The molecular formula is C17H21F3N2O2. The number of hydrogen-bond donors (Lipinski definition) is 0. The number of likely N-dealkylation sites (tertiary alicyclic amines) is 1. The normalized spacial score (nSPS) is 19.8. The minimum Gasteiger partial charge on any atom is -0.444 e. The molecule has 3 rings (SSSR count). The van der Waals surface area contributed by atoms with E-state index < -0.39 is 17.3 Å². The number of nitrogens with zero attached hydrogens (tertiary/aromatic N) is 2. The Bertz CT molecular complexity index is 621. The van der Waals surface area contributed by atoms with E-state index in [1.807, 2.05) is 25.7 Å². The number of anilines is 1. The van der Waals surface area contributed by atoms with E-state index >= 15 is 0 Å². The monoisotopic (exact) mass is 342 g/mol. The average molecular weight is 342 g/mol. The summed E-state index contributed by atoms with van der Waals surface area (Å²) >= 11 is 0. The van der Waals surface area contributed by atoms with E-state index in [0.717, 1.165) is 30.9 Å². The molecule has 0 unspecified atom stereocenters. The standard InChI is InChI=1S/C17H21F3N2O2/c1-15(2,3)24-14(23)22-10-16(11-22)8-21(9-16)13-6-4-12(5-7-13)17(18,19)20/h4-7H,8-11H2,1-3H3. The topological polar surface area (TPSA) is 32.8 Å². The molecule has 24 heavy (non-hydrogen) atoms. The minimum atomic E-state index is -4.31. The number of ether oxygens (including phenoxy) is 1. The first kappa shape index (κ1) is 16.9. The van der Waals surface area contributed by atoms with Crippen molar-refractivity contribution in [1.82, 2.24) is 4.90 Å². The van der Waals surface area contributed by atoms with E-state index in [4.69, 9.17) is 4.74 Å². The van der Waals surface area contributed by atoms with Crippen molar-refractivity contribution in [3.63, 3.8) is 0 Å². The molecule has 4 nitrogen and oxygen atoms in total. The second-order valence-electron chi connectivity index (χ2n) is 7.74. The van der Waals surface area contributed by atoms with Crippen LogP contribution in [0.3, 0.4) is 0 Å². The van der Waals surface area contributed by atoms with Crippen molar-refractivity contribution in [1.29, 1.82) is 0 Å². The van der Waals surface area contributed by atoms with Crippen LogP contribution in [0.1, 0.15) is 26.3 Å². The average Bonchev–Trinajstić information content (AvgIpc) is 2.32. The lowest BCUT2D eigenvalue weighted by atomic mass is 9.73. The second kappa shape index (κ2) is 5.29. The molecule has 1 aromatic rings. The Labute approximate surface area is 139 Å². The van der Waals surface area contributed by atoms with Gasteiger partial charge < -0.3 is 14.5 Å². The van der Waals surface area contributed by atoms with E-state index in [-0.39, 0.29) is 11.5 Å². The van der Waals surface area contributed by atoms with Gasteiger partial charge in [-0.05, 0) is 45.0 Å². The van der Waals surface area contributed by atoms with Gasteiger partial charge in [0.15, 0.2) is 0 Å². The van der Waals surface area contributed by atoms with E-state index in [1.54, 1.807) is 4.90 Å².